The van der Waals surface area contributed by atoms with Crippen LogP contribution in [0.5, 0.6) is 11.5 Å². The van der Waals surface area contributed by atoms with Crippen LogP contribution in [0, 0.1) is 0 Å². The van der Waals surface area contributed by atoms with Crippen molar-refractivity contribution in [3.8, 4) is 11.5 Å². The fourth-order valence-corrected chi connectivity index (χ4v) is 2.67. The fourth-order valence-electron chi connectivity index (χ4n) is 2.67. The summed E-state index contributed by atoms with van der Waals surface area (Å²) < 4.78 is 11.1. The Labute approximate surface area is 166 Å². The summed E-state index contributed by atoms with van der Waals surface area (Å²) in [7, 11) is 0. The van der Waals surface area contributed by atoms with Gasteiger partial charge >= 0.3 is 0 Å². The number of carbonyl (C=O) groups excluding carboxylic acids is 2. The van der Waals surface area contributed by atoms with Gasteiger partial charge in [0, 0.05) is 0 Å². The van der Waals surface area contributed by atoms with E-state index in [0.717, 1.165) is 11.3 Å². The van der Waals surface area contributed by atoms with Crippen molar-refractivity contribution in [1.82, 2.24) is 10.6 Å². The molecule has 0 spiro atoms. The highest BCUT2D eigenvalue weighted by molar-refractivity contribution is 5.98. The van der Waals surface area contributed by atoms with E-state index in [-0.39, 0.29) is 30.5 Å². The molecule has 2 N–H and O–H groups in total. The third-order valence-corrected chi connectivity index (χ3v) is 3.97. The average Bonchev–Trinajstić information content (AvgIpc) is 2.67. The summed E-state index contributed by atoms with van der Waals surface area (Å²) in [5.41, 5.74) is 1.36. The zero-order valence-electron chi connectivity index (χ0n) is 16.8. The van der Waals surface area contributed by atoms with Crippen LogP contribution in [0.25, 0.3) is 0 Å². The molecule has 2 rings (SSSR count). The van der Waals surface area contributed by atoms with Crippen molar-refractivity contribution < 1.29 is 19.1 Å². The molecule has 150 valence electrons. The van der Waals surface area contributed by atoms with E-state index in [1.54, 1.807) is 24.3 Å². The molecule has 2 amide bonds. The van der Waals surface area contributed by atoms with Gasteiger partial charge in [-0.05, 0) is 57.5 Å². The zero-order chi connectivity index (χ0) is 20.5. The minimum atomic E-state index is -0.345. The molecule has 2 aromatic rings. The predicted molar refractivity (Wildman–Crippen MR) is 109 cm³/mol. The second-order valence-electron chi connectivity index (χ2n) is 6.64. The first-order valence-electron chi connectivity index (χ1n) is 9.46. The lowest BCUT2D eigenvalue weighted by Crippen LogP contribution is -2.38. The molecule has 0 heterocycles. The van der Waals surface area contributed by atoms with E-state index < -0.39 is 0 Å². The maximum atomic E-state index is 12.3. The molecule has 0 aliphatic heterocycles. The monoisotopic (exact) mass is 384 g/mol. The fraction of sp³-hybridized carbons (Fsp3) is 0.364. The number of para-hydroxylation sites is 1. The Morgan fingerprint density at radius 2 is 1.68 bits per heavy atom. The second-order valence-corrected chi connectivity index (χ2v) is 6.64. The molecule has 0 aliphatic rings. The van der Waals surface area contributed by atoms with Crippen LogP contribution in [-0.2, 0) is 4.79 Å². The molecule has 2 aromatic carbocycles. The van der Waals surface area contributed by atoms with Gasteiger partial charge in [0.15, 0.2) is 0 Å². The third kappa shape index (κ3) is 6.30. The van der Waals surface area contributed by atoms with Crippen molar-refractivity contribution in [1.29, 1.82) is 0 Å². The van der Waals surface area contributed by atoms with Crippen molar-refractivity contribution in [2.75, 3.05) is 13.2 Å². The number of ether oxygens (including phenoxy) is 2. The standard InChI is InChI=1S/C22H28N2O4/c1-5-27-20-9-7-6-8-19(20)22(26)23-14-21(25)24-16(4)17-10-12-18(13-11-17)28-15(2)3/h6-13,15-16H,5,14H2,1-4H3,(H,23,26)(H,24,25). The molecular weight excluding hydrogens is 356 g/mol. The van der Waals surface area contributed by atoms with Crippen molar-refractivity contribution in [3.63, 3.8) is 0 Å². The topological polar surface area (TPSA) is 76.7 Å². The van der Waals surface area contributed by atoms with Gasteiger partial charge in [0.1, 0.15) is 11.5 Å². The van der Waals surface area contributed by atoms with Gasteiger partial charge < -0.3 is 20.1 Å². The van der Waals surface area contributed by atoms with Crippen LogP contribution in [0.4, 0.5) is 0 Å². The Morgan fingerprint density at radius 3 is 2.32 bits per heavy atom. The molecule has 0 fully saturated rings. The molecule has 0 aliphatic carbocycles. The normalized spacial score (nSPS) is 11.6. The van der Waals surface area contributed by atoms with Crippen molar-refractivity contribution in [2.45, 2.75) is 39.8 Å². The molecule has 28 heavy (non-hydrogen) atoms. The molecule has 0 bridgehead atoms. The largest absolute Gasteiger partial charge is 0.493 e. The van der Waals surface area contributed by atoms with E-state index in [4.69, 9.17) is 9.47 Å². The highest BCUT2D eigenvalue weighted by atomic mass is 16.5. The average molecular weight is 384 g/mol. The van der Waals surface area contributed by atoms with Crippen LogP contribution in [-0.4, -0.2) is 31.1 Å². The third-order valence-electron chi connectivity index (χ3n) is 3.97. The van der Waals surface area contributed by atoms with E-state index in [1.165, 1.54) is 0 Å². The second kappa shape index (κ2) is 10.3. The van der Waals surface area contributed by atoms with Gasteiger partial charge in [-0.3, -0.25) is 9.59 Å². The Balaban J connectivity index is 1.87. The van der Waals surface area contributed by atoms with E-state index in [1.807, 2.05) is 52.0 Å². The number of amides is 2. The lowest BCUT2D eigenvalue weighted by Gasteiger charge is -2.16. The van der Waals surface area contributed by atoms with Gasteiger partial charge in [0.2, 0.25) is 5.91 Å². The maximum absolute atomic E-state index is 12.3. The van der Waals surface area contributed by atoms with E-state index in [2.05, 4.69) is 10.6 Å². The summed E-state index contributed by atoms with van der Waals surface area (Å²) >= 11 is 0. The van der Waals surface area contributed by atoms with Crippen LogP contribution in [0.3, 0.4) is 0 Å². The smallest absolute Gasteiger partial charge is 0.255 e. The van der Waals surface area contributed by atoms with Gasteiger partial charge in [0.05, 0.1) is 30.9 Å². The summed E-state index contributed by atoms with van der Waals surface area (Å²) in [4.78, 5) is 24.5. The minimum absolute atomic E-state index is 0.111. The molecule has 0 saturated heterocycles. The first kappa shape index (κ1) is 21.3. The minimum Gasteiger partial charge on any atom is -0.493 e. The molecule has 0 saturated carbocycles. The molecule has 0 aromatic heterocycles. The predicted octanol–water partition coefficient (Wildman–Crippen LogP) is 3.48. The first-order chi connectivity index (χ1) is 13.4. The molecule has 1 atom stereocenters. The Kier molecular flexibility index (Phi) is 7.87. The van der Waals surface area contributed by atoms with Crippen molar-refractivity contribution >= 4 is 11.8 Å². The Bertz CT molecular complexity index is 787. The summed E-state index contributed by atoms with van der Waals surface area (Å²) in [5.74, 6) is 0.678. The highest BCUT2D eigenvalue weighted by Gasteiger charge is 2.14. The van der Waals surface area contributed by atoms with Crippen molar-refractivity contribution in [3.05, 3.63) is 59.7 Å². The van der Waals surface area contributed by atoms with Gasteiger partial charge in [-0.1, -0.05) is 24.3 Å². The number of carbonyl (C=O) groups is 2. The number of nitrogens with one attached hydrogen (secondary N) is 2. The Morgan fingerprint density at radius 1 is 1.00 bits per heavy atom. The summed E-state index contributed by atoms with van der Waals surface area (Å²) in [6.45, 7) is 8.03. The molecular formula is C22H28N2O4. The summed E-state index contributed by atoms with van der Waals surface area (Å²) in [5, 5.41) is 5.51. The van der Waals surface area contributed by atoms with Crippen LogP contribution >= 0.6 is 0 Å². The van der Waals surface area contributed by atoms with Gasteiger partial charge in [-0.25, -0.2) is 0 Å². The van der Waals surface area contributed by atoms with Crippen LogP contribution in [0.2, 0.25) is 0 Å². The number of hydrogen-bond donors (Lipinski definition) is 2. The van der Waals surface area contributed by atoms with Gasteiger partial charge in [-0.2, -0.15) is 0 Å². The first-order valence-corrected chi connectivity index (χ1v) is 9.46. The molecule has 6 heteroatoms. The van der Waals surface area contributed by atoms with E-state index >= 15 is 0 Å². The number of benzene rings is 2. The lowest BCUT2D eigenvalue weighted by atomic mass is 10.1. The maximum Gasteiger partial charge on any atom is 0.255 e. The molecule has 1 unspecified atom stereocenters. The van der Waals surface area contributed by atoms with Crippen LogP contribution in [0.15, 0.2) is 48.5 Å². The van der Waals surface area contributed by atoms with Gasteiger partial charge in [0.25, 0.3) is 5.91 Å². The number of rotatable bonds is 9. The van der Waals surface area contributed by atoms with Crippen LogP contribution in [0.1, 0.15) is 49.7 Å². The van der Waals surface area contributed by atoms with E-state index in [9.17, 15) is 9.59 Å². The number of hydrogen-bond acceptors (Lipinski definition) is 4. The SMILES string of the molecule is CCOc1ccccc1C(=O)NCC(=O)NC(C)c1ccc(OC(C)C)cc1. The van der Waals surface area contributed by atoms with Crippen molar-refractivity contribution in [2.24, 2.45) is 0 Å². The zero-order valence-corrected chi connectivity index (χ0v) is 16.8. The van der Waals surface area contributed by atoms with E-state index in [0.29, 0.717) is 17.9 Å². The van der Waals surface area contributed by atoms with Crippen LogP contribution < -0.4 is 20.1 Å². The lowest BCUT2D eigenvalue weighted by molar-refractivity contribution is -0.120. The Hall–Kier alpha value is -3.02. The summed E-state index contributed by atoms with van der Waals surface area (Å²) in [6.07, 6.45) is 0.111. The highest BCUT2D eigenvalue weighted by Crippen LogP contribution is 2.19. The van der Waals surface area contributed by atoms with Gasteiger partial charge in [-0.15, -0.1) is 0 Å². The summed E-state index contributed by atoms with van der Waals surface area (Å²) in [6, 6.07) is 14.4. The quantitative estimate of drug-likeness (QED) is 0.694. The molecule has 0 radical (unpaired) electrons. The molecule has 6 nitrogen and oxygen atoms in total.